The van der Waals surface area contributed by atoms with Crippen molar-refractivity contribution < 1.29 is 0 Å². The van der Waals surface area contributed by atoms with Gasteiger partial charge < -0.3 is 0 Å². The molecule has 0 spiro atoms. The van der Waals surface area contributed by atoms with E-state index in [1.165, 1.54) is 26.3 Å². The highest BCUT2D eigenvalue weighted by Crippen LogP contribution is 2.29. The van der Waals surface area contributed by atoms with Gasteiger partial charge in [0.25, 0.3) is 0 Å². The van der Waals surface area contributed by atoms with Crippen molar-refractivity contribution >= 4 is 36.9 Å². The average molecular weight is 435 g/mol. The topological polar surface area (TPSA) is 0 Å². The van der Waals surface area contributed by atoms with E-state index in [9.17, 15) is 0 Å². The highest BCUT2D eigenvalue weighted by molar-refractivity contribution is 7.23. The van der Waals surface area contributed by atoms with Crippen LogP contribution in [0.3, 0.4) is 0 Å². The third-order valence-electron chi connectivity index (χ3n) is 5.69. The van der Waals surface area contributed by atoms with Crippen molar-refractivity contribution in [2.24, 2.45) is 0 Å². The Hall–Kier alpha value is -2.95. The summed E-state index contributed by atoms with van der Waals surface area (Å²) in [6.45, 7) is 7.32. The summed E-state index contributed by atoms with van der Waals surface area (Å²) in [6, 6.07) is 44.6. The maximum atomic E-state index is 2.65. The van der Waals surface area contributed by atoms with Gasteiger partial charge in [0.05, 0.1) is 8.07 Å². The number of benzene rings is 4. The van der Waals surface area contributed by atoms with Crippen LogP contribution in [0.2, 0.25) is 19.6 Å². The molecule has 0 fully saturated rings. The molecule has 0 radical (unpaired) electrons. The van der Waals surface area contributed by atoms with Crippen LogP contribution in [0.15, 0.2) is 127 Å². The van der Waals surface area contributed by atoms with Gasteiger partial charge in [0.15, 0.2) is 8.07 Å². The molecule has 0 amide bonds. The Labute approximate surface area is 188 Å². The lowest BCUT2D eigenvalue weighted by molar-refractivity contribution is 1.62. The highest BCUT2D eigenvalue weighted by Gasteiger charge is 2.44. The maximum absolute atomic E-state index is 2.65. The van der Waals surface area contributed by atoms with E-state index in [4.69, 9.17) is 0 Å². The molecule has 0 unspecified atom stereocenters. The van der Waals surface area contributed by atoms with Crippen molar-refractivity contribution in [3.63, 3.8) is 0 Å². The predicted molar refractivity (Wildman–Crippen MR) is 142 cm³/mol. The van der Waals surface area contributed by atoms with Crippen molar-refractivity contribution in [1.29, 1.82) is 0 Å². The minimum Gasteiger partial charge on any atom is -0.0940 e. The second-order valence-corrected chi connectivity index (χ2v) is 17.9. The fourth-order valence-corrected chi connectivity index (χ4v) is 12.3. The Kier molecular flexibility index (Phi) is 6.21. The smallest absolute Gasteiger partial charge is 0.0940 e. The average Bonchev–Trinajstić information content (AvgIpc) is 2.81. The van der Waals surface area contributed by atoms with Crippen LogP contribution in [-0.4, -0.2) is 16.1 Å². The molecule has 0 aliphatic heterocycles. The van der Waals surface area contributed by atoms with Crippen LogP contribution in [0, 0.1) is 0 Å². The summed E-state index contributed by atoms with van der Waals surface area (Å²) < 4.78 is 0. The zero-order valence-electron chi connectivity index (χ0n) is 18.6. The summed E-state index contributed by atoms with van der Waals surface area (Å²) in [5.41, 5.74) is 4.00. The predicted octanol–water partition coefficient (Wildman–Crippen LogP) is 5.66. The van der Waals surface area contributed by atoms with Crippen molar-refractivity contribution in [2.75, 3.05) is 0 Å². The fourth-order valence-electron chi connectivity index (χ4n) is 4.49. The molecule has 0 aromatic heterocycles. The molecule has 0 saturated heterocycles. The molecule has 31 heavy (non-hydrogen) atoms. The zero-order chi connectivity index (χ0) is 21.7. The summed E-state index contributed by atoms with van der Waals surface area (Å²) in [5.74, 6) is 0. The quantitative estimate of drug-likeness (QED) is 0.271. The van der Waals surface area contributed by atoms with Crippen LogP contribution >= 0.6 is 0 Å². The first-order valence-electron chi connectivity index (χ1n) is 11.0. The summed E-state index contributed by atoms with van der Waals surface area (Å²) in [4.78, 5) is 0. The second kappa shape index (κ2) is 9.05. The lowest BCUT2D eigenvalue weighted by Gasteiger charge is -2.37. The van der Waals surface area contributed by atoms with Gasteiger partial charge >= 0.3 is 0 Å². The van der Waals surface area contributed by atoms with E-state index in [0.717, 1.165) is 0 Å². The van der Waals surface area contributed by atoms with E-state index < -0.39 is 16.1 Å². The zero-order valence-corrected chi connectivity index (χ0v) is 20.6. The second-order valence-electron chi connectivity index (χ2n) is 9.14. The van der Waals surface area contributed by atoms with Crippen LogP contribution in [-0.2, 0) is 0 Å². The fraction of sp³-hybridized carbons (Fsp3) is 0.103. The molecular formula is C29H30Si2. The van der Waals surface area contributed by atoms with Crippen molar-refractivity contribution in [3.05, 3.63) is 133 Å². The van der Waals surface area contributed by atoms with Crippen LogP contribution in [0.25, 0.3) is 5.20 Å². The molecule has 0 heterocycles. The molecule has 2 heteroatoms. The Morgan fingerprint density at radius 2 is 0.806 bits per heavy atom. The highest BCUT2D eigenvalue weighted by atomic mass is 28.3. The number of rotatable bonds is 6. The van der Waals surface area contributed by atoms with E-state index in [-0.39, 0.29) is 0 Å². The normalized spacial score (nSPS) is 12.5. The van der Waals surface area contributed by atoms with Gasteiger partial charge in [-0.25, -0.2) is 0 Å². The maximum Gasteiger partial charge on any atom is 0.179 e. The Balaban J connectivity index is 2.19. The molecule has 0 bridgehead atoms. The Morgan fingerprint density at radius 3 is 1.13 bits per heavy atom. The van der Waals surface area contributed by atoms with Gasteiger partial charge in [-0.05, 0) is 26.3 Å². The van der Waals surface area contributed by atoms with Gasteiger partial charge in [-0.1, -0.05) is 147 Å². The van der Waals surface area contributed by atoms with E-state index in [1.54, 1.807) is 0 Å². The minimum atomic E-state index is -2.51. The van der Waals surface area contributed by atoms with Gasteiger partial charge in [0, 0.05) is 0 Å². The molecule has 0 atom stereocenters. The largest absolute Gasteiger partial charge is 0.179 e. The van der Waals surface area contributed by atoms with Crippen molar-refractivity contribution in [3.8, 4) is 0 Å². The Morgan fingerprint density at radius 1 is 0.484 bits per heavy atom. The van der Waals surface area contributed by atoms with Crippen LogP contribution < -0.4 is 15.6 Å². The molecule has 0 saturated carbocycles. The van der Waals surface area contributed by atoms with Gasteiger partial charge in [0.2, 0.25) is 0 Å². The van der Waals surface area contributed by atoms with E-state index >= 15 is 0 Å². The van der Waals surface area contributed by atoms with Crippen molar-refractivity contribution in [2.45, 2.75) is 19.6 Å². The van der Waals surface area contributed by atoms with Gasteiger partial charge in [0.1, 0.15) is 0 Å². The summed E-state index contributed by atoms with van der Waals surface area (Å²) in [7, 11) is -4.05. The SMILES string of the molecule is C[Si](C)(C)/C=C(\c1ccccc1)[Si](c1ccccc1)(c1ccccc1)c1ccccc1. The van der Waals surface area contributed by atoms with E-state index in [0.29, 0.717) is 0 Å². The monoisotopic (exact) mass is 434 g/mol. The molecular weight excluding hydrogens is 404 g/mol. The van der Waals surface area contributed by atoms with Crippen LogP contribution in [0.1, 0.15) is 5.56 Å². The van der Waals surface area contributed by atoms with Gasteiger partial charge in [-0.2, -0.15) is 0 Å². The number of hydrogen-bond donors (Lipinski definition) is 0. The molecule has 4 aromatic rings. The first-order chi connectivity index (χ1) is 15.0. The third kappa shape index (κ3) is 4.41. The molecule has 0 aliphatic carbocycles. The van der Waals surface area contributed by atoms with E-state index in [2.05, 4.69) is 147 Å². The minimum absolute atomic E-state index is 1.34. The lowest BCUT2D eigenvalue weighted by atomic mass is 10.2. The first kappa shape index (κ1) is 21.3. The van der Waals surface area contributed by atoms with Crippen LogP contribution in [0.5, 0.6) is 0 Å². The third-order valence-corrected chi connectivity index (χ3v) is 12.0. The molecule has 154 valence electrons. The van der Waals surface area contributed by atoms with Crippen LogP contribution in [0.4, 0.5) is 0 Å². The van der Waals surface area contributed by atoms with Crippen molar-refractivity contribution in [1.82, 2.24) is 0 Å². The molecule has 4 aromatic carbocycles. The first-order valence-corrected chi connectivity index (χ1v) is 16.5. The molecule has 4 rings (SSSR count). The summed E-state index contributed by atoms with van der Waals surface area (Å²) in [6.07, 6.45) is 0. The molecule has 0 nitrogen and oxygen atoms in total. The molecule has 0 N–H and O–H groups in total. The van der Waals surface area contributed by atoms with Gasteiger partial charge in [-0.15, -0.1) is 0 Å². The molecule has 0 aliphatic rings. The van der Waals surface area contributed by atoms with Gasteiger partial charge in [-0.3, -0.25) is 0 Å². The Bertz CT molecular complexity index is 1030. The number of hydrogen-bond acceptors (Lipinski definition) is 0. The van der Waals surface area contributed by atoms with E-state index in [1.807, 2.05) is 0 Å². The lowest BCUT2D eigenvalue weighted by Crippen LogP contribution is -2.68. The summed E-state index contributed by atoms with van der Waals surface area (Å²) >= 11 is 0. The summed E-state index contributed by atoms with van der Waals surface area (Å²) in [5, 5.41) is 5.80. The standard InChI is InChI=1S/C29H30Si2/c1-30(2,3)24-29(25-16-8-4-9-17-25)31(26-18-10-5-11-19-26,27-20-12-6-13-21-27)28-22-14-7-15-23-28/h4-24H,1-3H3/b29-24+.